The average molecular weight is 277 g/mol. The Morgan fingerprint density at radius 3 is 2.58 bits per heavy atom. The minimum atomic E-state index is -0.225. The maximum Gasteiger partial charge on any atom is 0.133 e. The van der Waals surface area contributed by atoms with E-state index in [0.717, 1.165) is 34.1 Å². The van der Waals surface area contributed by atoms with Gasteiger partial charge in [0.15, 0.2) is 0 Å². The van der Waals surface area contributed by atoms with E-state index >= 15 is 0 Å². The van der Waals surface area contributed by atoms with Crippen LogP contribution in [-0.4, -0.2) is 17.0 Å². The molecule has 0 bridgehead atoms. The highest BCUT2D eigenvalue weighted by molar-refractivity contribution is 7.99. The van der Waals surface area contributed by atoms with Gasteiger partial charge >= 0.3 is 0 Å². The first-order valence-corrected chi connectivity index (χ1v) is 7.01. The van der Waals surface area contributed by atoms with E-state index in [9.17, 15) is 4.39 Å². The number of benzene rings is 1. The molecule has 2 rings (SSSR count). The smallest absolute Gasteiger partial charge is 0.133 e. The molecule has 0 amide bonds. The Balaban J connectivity index is 2.30. The van der Waals surface area contributed by atoms with Gasteiger partial charge in [0, 0.05) is 17.5 Å². The molecule has 1 aromatic heterocycles. The Morgan fingerprint density at radius 1 is 1.21 bits per heavy atom. The van der Waals surface area contributed by atoms with Crippen molar-refractivity contribution in [3.05, 3.63) is 42.0 Å². The van der Waals surface area contributed by atoms with Gasteiger partial charge in [0.25, 0.3) is 0 Å². The van der Waals surface area contributed by atoms with Crippen LogP contribution in [0.3, 0.4) is 0 Å². The van der Waals surface area contributed by atoms with E-state index in [1.807, 2.05) is 7.05 Å². The van der Waals surface area contributed by atoms with Crippen molar-refractivity contribution >= 4 is 17.6 Å². The molecule has 0 aliphatic carbocycles. The summed E-state index contributed by atoms with van der Waals surface area (Å²) in [6, 6.07) is 6.44. The normalized spacial score (nSPS) is 10.5. The number of rotatable bonds is 5. The largest absolute Gasteiger partial charge is 0.373 e. The number of anilines is 1. The summed E-state index contributed by atoms with van der Waals surface area (Å²) in [6.07, 6.45) is 3.50. The highest BCUT2D eigenvalue weighted by atomic mass is 32.2. The molecule has 19 heavy (non-hydrogen) atoms. The van der Waals surface area contributed by atoms with Crippen molar-refractivity contribution in [1.29, 1.82) is 0 Å². The molecule has 0 aliphatic heterocycles. The van der Waals surface area contributed by atoms with Crippen LogP contribution >= 0.6 is 11.8 Å². The molecular formula is C14H16FN3S. The second-order valence-corrected chi connectivity index (χ2v) is 5.12. The predicted octanol–water partition coefficient (Wildman–Crippen LogP) is 3.76. The third-order valence-electron chi connectivity index (χ3n) is 2.67. The molecule has 2 aromatic rings. The summed E-state index contributed by atoms with van der Waals surface area (Å²) in [7, 11) is 1.85. The molecule has 100 valence electrons. The predicted molar refractivity (Wildman–Crippen MR) is 76.1 cm³/mol. The maximum atomic E-state index is 12.9. The van der Waals surface area contributed by atoms with E-state index in [-0.39, 0.29) is 5.82 Å². The van der Waals surface area contributed by atoms with Gasteiger partial charge in [-0.1, -0.05) is 25.1 Å². The lowest BCUT2D eigenvalue weighted by Gasteiger charge is -2.11. The van der Waals surface area contributed by atoms with Crippen LogP contribution in [-0.2, 0) is 6.42 Å². The van der Waals surface area contributed by atoms with Crippen molar-refractivity contribution in [1.82, 2.24) is 9.97 Å². The van der Waals surface area contributed by atoms with E-state index in [0.29, 0.717) is 0 Å². The Labute approximate surface area is 116 Å². The molecule has 0 fully saturated rings. The first kappa shape index (κ1) is 13.8. The zero-order valence-electron chi connectivity index (χ0n) is 11.0. The molecular weight excluding hydrogens is 261 g/mol. The summed E-state index contributed by atoms with van der Waals surface area (Å²) < 4.78 is 12.9. The second-order valence-electron chi connectivity index (χ2n) is 4.06. The van der Waals surface area contributed by atoms with Crippen LogP contribution < -0.4 is 5.32 Å². The summed E-state index contributed by atoms with van der Waals surface area (Å²) in [5, 5.41) is 4.02. The third-order valence-corrected chi connectivity index (χ3v) is 3.72. The van der Waals surface area contributed by atoms with Crippen molar-refractivity contribution in [2.45, 2.75) is 29.7 Å². The van der Waals surface area contributed by atoms with Crippen LogP contribution in [0.5, 0.6) is 0 Å². The summed E-state index contributed by atoms with van der Waals surface area (Å²) >= 11 is 1.53. The monoisotopic (exact) mass is 277 g/mol. The van der Waals surface area contributed by atoms with Crippen molar-refractivity contribution in [3.8, 4) is 0 Å². The highest BCUT2D eigenvalue weighted by Gasteiger charge is 2.11. The van der Waals surface area contributed by atoms with Gasteiger partial charge < -0.3 is 5.32 Å². The van der Waals surface area contributed by atoms with Gasteiger partial charge in [-0.3, -0.25) is 0 Å². The quantitative estimate of drug-likeness (QED) is 0.844. The van der Waals surface area contributed by atoms with Crippen molar-refractivity contribution in [3.63, 3.8) is 0 Å². The van der Waals surface area contributed by atoms with Crippen molar-refractivity contribution in [2.24, 2.45) is 0 Å². The number of nitrogens with one attached hydrogen (secondary N) is 1. The maximum absolute atomic E-state index is 12.9. The second kappa shape index (κ2) is 6.52. The van der Waals surface area contributed by atoms with E-state index < -0.39 is 0 Å². The van der Waals surface area contributed by atoms with Crippen molar-refractivity contribution in [2.75, 3.05) is 12.4 Å². The Morgan fingerprint density at radius 2 is 1.95 bits per heavy atom. The van der Waals surface area contributed by atoms with Crippen molar-refractivity contribution < 1.29 is 4.39 Å². The van der Waals surface area contributed by atoms with Gasteiger partial charge in [-0.05, 0) is 30.7 Å². The minimum Gasteiger partial charge on any atom is -0.373 e. The molecule has 0 unspecified atom stereocenters. The minimum absolute atomic E-state index is 0.225. The lowest BCUT2D eigenvalue weighted by Crippen LogP contribution is -2.02. The van der Waals surface area contributed by atoms with Gasteiger partial charge in [0.05, 0.1) is 0 Å². The third kappa shape index (κ3) is 3.44. The van der Waals surface area contributed by atoms with Crippen LogP contribution in [0, 0.1) is 5.82 Å². The van der Waals surface area contributed by atoms with Crippen LogP contribution in [0.4, 0.5) is 10.2 Å². The molecule has 0 atom stereocenters. The summed E-state index contributed by atoms with van der Waals surface area (Å²) in [4.78, 5) is 9.55. The van der Waals surface area contributed by atoms with Gasteiger partial charge in [0.1, 0.15) is 23.0 Å². The van der Waals surface area contributed by atoms with Gasteiger partial charge in [-0.15, -0.1) is 0 Å². The topological polar surface area (TPSA) is 37.8 Å². The van der Waals surface area contributed by atoms with Gasteiger partial charge in [0.2, 0.25) is 0 Å². The fraction of sp³-hybridized carbons (Fsp3) is 0.286. The lowest BCUT2D eigenvalue weighted by atomic mass is 10.2. The van der Waals surface area contributed by atoms with E-state index in [4.69, 9.17) is 0 Å². The molecule has 1 heterocycles. The summed E-state index contributed by atoms with van der Waals surface area (Å²) in [6.45, 7) is 2.12. The SMILES string of the molecule is CCCc1c(NC)ncnc1Sc1ccc(F)cc1. The lowest BCUT2D eigenvalue weighted by molar-refractivity contribution is 0.626. The number of aromatic nitrogens is 2. The first-order chi connectivity index (χ1) is 9.24. The van der Waals surface area contributed by atoms with Crippen LogP contribution in [0.25, 0.3) is 0 Å². The van der Waals surface area contributed by atoms with Crippen LogP contribution in [0.15, 0.2) is 40.5 Å². The fourth-order valence-electron chi connectivity index (χ4n) is 1.79. The molecule has 0 saturated heterocycles. The molecule has 1 N–H and O–H groups in total. The molecule has 0 saturated carbocycles. The average Bonchev–Trinajstić information content (AvgIpc) is 2.43. The van der Waals surface area contributed by atoms with E-state index in [1.165, 1.54) is 23.9 Å². The molecule has 5 heteroatoms. The summed E-state index contributed by atoms with van der Waals surface area (Å²) in [5.74, 6) is 0.637. The van der Waals surface area contributed by atoms with Crippen LogP contribution in [0.2, 0.25) is 0 Å². The van der Waals surface area contributed by atoms with Crippen LogP contribution in [0.1, 0.15) is 18.9 Å². The van der Waals surface area contributed by atoms with E-state index in [2.05, 4.69) is 22.2 Å². The molecule has 0 aliphatic rings. The standard InChI is InChI=1S/C14H16FN3S/c1-3-4-12-13(16-2)17-9-18-14(12)19-11-7-5-10(15)6-8-11/h5-9H,3-4H2,1-2H3,(H,16,17,18). The number of hydrogen-bond donors (Lipinski definition) is 1. The highest BCUT2D eigenvalue weighted by Crippen LogP contribution is 2.31. The van der Waals surface area contributed by atoms with Gasteiger partial charge in [-0.25, -0.2) is 14.4 Å². The number of nitrogens with zero attached hydrogens (tertiary/aromatic N) is 2. The Bertz CT molecular complexity index is 543. The Kier molecular flexibility index (Phi) is 4.74. The molecule has 3 nitrogen and oxygen atoms in total. The molecule has 0 spiro atoms. The molecule has 0 radical (unpaired) electrons. The fourth-order valence-corrected chi connectivity index (χ4v) is 2.71. The number of hydrogen-bond acceptors (Lipinski definition) is 4. The zero-order chi connectivity index (χ0) is 13.7. The Hall–Kier alpha value is -1.62. The summed E-state index contributed by atoms with van der Waals surface area (Å²) in [5.41, 5.74) is 1.11. The van der Waals surface area contributed by atoms with Gasteiger partial charge in [-0.2, -0.15) is 0 Å². The number of halogens is 1. The van der Waals surface area contributed by atoms with E-state index in [1.54, 1.807) is 18.5 Å². The molecule has 1 aromatic carbocycles. The zero-order valence-corrected chi connectivity index (χ0v) is 11.8. The first-order valence-electron chi connectivity index (χ1n) is 6.19.